The summed E-state index contributed by atoms with van der Waals surface area (Å²) in [7, 11) is -3.96. The number of morpholine rings is 1. The van der Waals surface area contributed by atoms with Crippen molar-refractivity contribution in [3.8, 4) is 0 Å². The summed E-state index contributed by atoms with van der Waals surface area (Å²) in [6.07, 6.45) is -4.88. The van der Waals surface area contributed by atoms with E-state index in [0.717, 1.165) is 16.4 Å². The molecule has 4 nitrogen and oxygen atoms in total. The van der Waals surface area contributed by atoms with E-state index in [4.69, 9.17) is 4.74 Å². The predicted octanol–water partition coefficient (Wildman–Crippen LogP) is 2.49. The smallest absolute Gasteiger partial charge is 0.375 e. The maximum absolute atomic E-state index is 12.7. The third kappa shape index (κ3) is 3.77. The minimum Gasteiger partial charge on any atom is -0.375 e. The molecule has 1 fully saturated rings. The topological polar surface area (TPSA) is 46.6 Å². The summed E-state index contributed by atoms with van der Waals surface area (Å²) in [5.74, 6) is 0. The van der Waals surface area contributed by atoms with E-state index in [1.807, 2.05) is 0 Å². The van der Waals surface area contributed by atoms with Crippen molar-refractivity contribution in [3.63, 3.8) is 0 Å². The molecular weight excluding hydrogens is 375 g/mol. The second-order valence-corrected chi connectivity index (χ2v) is 7.12. The number of ether oxygens (including phenoxy) is 1. The Balaban J connectivity index is 2.31. The number of rotatable bonds is 3. The van der Waals surface area contributed by atoms with Gasteiger partial charge in [0.1, 0.15) is 0 Å². The van der Waals surface area contributed by atoms with Gasteiger partial charge in [0, 0.05) is 18.4 Å². The first-order chi connectivity index (χ1) is 9.75. The van der Waals surface area contributed by atoms with Crippen molar-refractivity contribution in [1.82, 2.24) is 4.31 Å². The summed E-state index contributed by atoms with van der Waals surface area (Å²) < 4.78 is 69.4. The SMILES string of the molecule is O=S(=O)(c1cccc(C(F)(F)F)c1)N1CCOC(CBr)C1. The zero-order valence-corrected chi connectivity index (χ0v) is 13.2. The molecule has 0 radical (unpaired) electrons. The number of benzene rings is 1. The monoisotopic (exact) mass is 387 g/mol. The molecule has 1 aliphatic heterocycles. The maximum atomic E-state index is 12.7. The van der Waals surface area contributed by atoms with Gasteiger partial charge in [-0.15, -0.1) is 0 Å². The van der Waals surface area contributed by atoms with Gasteiger partial charge in [-0.05, 0) is 18.2 Å². The fraction of sp³-hybridized carbons (Fsp3) is 0.500. The first kappa shape index (κ1) is 16.7. The highest BCUT2D eigenvalue weighted by molar-refractivity contribution is 9.09. The lowest BCUT2D eigenvalue weighted by Crippen LogP contribution is -2.46. The highest BCUT2D eigenvalue weighted by Gasteiger charge is 2.34. The molecule has 1 saturated heterocycles. The molecule has 0 aliphatic carbocycles. The van der Waals surface area contributed by atoms with Gasteiger partial charge in [-0.1, -0.05) is 22.0 Å². The number of alkyl halides is 4. The first-order valence-electron chi connectivity index (χ1n) is 6.10. The van der Waals surface area contributed by atoms with Crippen molar-refractivity contribution < 1.29 is 26.3 Å². The Morgan fingerprint density at radius 2 is 2.10 bits per heavy atom. The van der Waals surface area contributed by atoms with E-state index in [0.29, 0.717) is 11.4 Å². The second kappa shape index (κ2) is 6.23. The van der Waals surface area contributed by atoms with Gasteiger partial charge in [-0.2, -0.15) is 17.5 Å². The van der Waals surface area contributed by atoms with Crippen LogP contribution in [-0.2, 0) is 20.9 Å². The third-order valence-corrected chi connectivity index (χ3v) is 5.66. The average molecular weight is 388 g/mol. The molecule has 0 N–H and O–H groups in total. The molecule has 1 aromatic rings. The van der Waals surface area contributed by atoms with E-state index in [1.165, 1.54) is 6.07 Å². The highest BCUT2D eigenvalue weighted by atomic mass is 79.9. The fourth-order valence-electron chi connectivity index (χ4n) is 1.99. The lowest BCUT2D eigenvalue weighted by molar-refractivity contribution is -0.137. The fourth-order valence-corrected chi connectivity index (χ4v) is 3.88. The van der Waals surface area contributed by atoms with Crippen LogP contribution in [0.25, 0.3) is 0 Å². The molecule has 0 bridgehead atoms. The Kier molecular flexibility index (Phi) is 4.96. The molecule has 1 unspecified atom stereocenters. The zero-order valence-electron chi connectivity index (χ0n) is 10.8. The van der Waals surface area contributed by atoms with Crippen LogP contribution in [0.15, 0.2) is 29.2 Å². The zero-order chi connectivity index (χ0) is 15.7. The lowest BCUT2D eigenvalue weighted by Gasteiger charge is -2.31. The van der Waals surface area contributed by atoms with Gasteiger partial charge in [0.05, 0.1) is 23.2 Å². The molecule has 21 heavy (non-hydrogen) atoms. The van der Waals surface area contributed by atoms with E-state index < -0.39 is 21.8 Å². The third-order valence-electron chi connectivity index (χ3n) is 3.07. The van der Waals surface area contributed by atoms with Crippen molar-refractivity contribution in [3.05, 3.63) is 29.8 Å². The Bertz CT molecular complexity index is 606. The molecule has 0 amide bonds. The molecule has 0 saturated carbocycles. The van der Waals surface area contributed by atoms with Gasteiger partial charge in [0.25, 0.3) is 0 Å². The molecule has 0 aromatic heterocycles. The van der Waals surface area contributed by atoms with Gasteiger partial charge in [0.15, 0.2) is 0 Å². The van der Waals surface area contributed by atoms with Crippen molar-refractivity contribution in [2.24, 2.45) is 0 Å². The Hall–Kier alpha value is -0.640. The van der Waals surface area contributed by atoms with Crippen LogP contribution in [0.3, 0.4) is 0 Å². The summed E-state index contributed by atoms with van der Waals surface area (Å²) in [6.45, 7) is 0.459. The molecular formula is C12H13BrF3NO3S. The summed E-state index contributed by atoms with van der Waals surface area (Å²) >= 11 is 3.20. The van der Waals surface area contributed by atoms with E-state index in [2.05, 4.69) is 15.9 Å². The van der Waals surface area contributed by atoms with Crippen LogP contribution in [0.1, 0.15) is 5.56 Å². The Morgan fingerprint density at radius 3 is 2.71 bits per heavy atom. The van der Waals surface area contributed by atoms with Crippen LogP contribution in [0, 0.1) is 0 Å². The van der Waals surface area contributed by atoms with Crippen molar-refractivity contribution >= 4 is 26.0 Å². The van der Waals surface area contributed by atoms with Gasteiger partial charge in [-0.3, -0.25) is 0 Å². The summed E-state index contributed by atoms with van der Waals surface area (Å²) in [5, 5.41) is 0.460. The lowest BCUT2D eigenvalue weighted by atomic mass is 10.2. The van der Waals surface area contributed by atoms with Crippen molar-refractivity contribution in [2.45, 2.75) is 17.2 Å². The number of hydrogen-bond acceptors (Lipinski definition) is 3. The van der Waals surface area contributed by atoms with Crippen molar-refractivity contribution in [1.29, 1.82) is 0 Å². The molecule has 1 atom stereocenters. The number of nitrogens with zero attached hydrogens (tertiary/aromatic N) is 1. The average Bonchev–Trinajstić information content (AvgIpc) is 2.46. The summed E-state index contributed by atoms with van der Waals surface area (Å²) in [5.41, 5.74) is -0.978. The number of hydrogen-bond donors (Lipinski definition) is 0. The largest absolute Gasteiger partial charge is 0.416 e. The first-order valence-corrected chi connectivity index (χ1v) is 8.66. The van der Waals surface area contributed by atoms with Gasteiger partial charge in [-0.25, -0.2) is 8.42 Å². The molecule has 9 heteroatoms. The maximum Gasteiger partial charge on any atom is 0.416 e. The standard InChI is InChI=1S/C12H13BrF3NO3S/c13-7-10-8-17(4-5-20-10)21(18,19)11-3-1-2-9(6-11)12(14,15)16/h1-3,6,10H,4-5,7-8H2. The Labute approximate surface area is 129 Å². The predicted molar refractivity (Wildman–Crippen MR) is 73.7 cm³/mol. The molecule has 118 valence electrons. The van der Waals surface area contributed by atoms with Crippen LogP contribution < -0.4 is 0 Å². The molecule has 1 aliphatic rings. The van der Waals surface area contributed by atoms with Crippen molar-refractivity contribution in [2.75, 3.05) is 25.0 Å². The van der Waals surface area contributed by atoms with E-state index in [1.54, 1.807) is 0 Å². The molecule has 1 heterocycles. The summed E-state index contributed by atoms with van der Waals surface area (Å²) in [4.78, 5) is -0.354. The van der Waals surface area contributed by atoms with Crippen LogP contribution in [0.4, 0.5) is 13.2 Å². The van der Waals surface area contributed by atoms with E-state index in [-0.39, 0.29) is 30.7 Å². The second-order valence-electron chi connectivity index (χ2n) is 4.54. The molecule has 2 rings (SSSR count). The van der Waals surface area contributed by atoms with Crippen LogP contribution in [0.5, 0.6) is 0 Å². The van der Waals surface area contributed by atoms with Crippen LogP contribution >= 0.6 is 15.9 Å². The quantitative estimate of drug-likeness (QED) is 0.748. The summed E-state index contributed by atoms with van der Waals surface area (Å²) in [6, 6.07) is 3.77. The van der Waals surface area contributed by atoms with Gasteiger partial charge < -0.3 is 4.74 Å². The van der Waals surface area contributed by atoms with E-state index in [9.17, 15) is 21.6 Å². The Morgan fingerprint density at radius 1 is 1.38 bits per heavy atom. The molecule has 1 aromatic carbocycles. The van der Waals surface area contributed by atoms with Crippen LogP contribution in [0.2, 0.25) is 0 Å². The van der Waals surface area contributed by atoms with Gasteiger partial charge >= 0.3 is 6.18 Å². The number of halogens is 4. The van der Waals surface area contributed by atoms with Crippen LogP contribution in [-0.4, -0.2) is 43.9 Å². The number of sulfonamides is 1. The molecule has 0 spiro atoms. The van der Waals surface area contributed by atoms with E-state index >= 15 is 0 Å². The normalized spacial score (nSPS) is 21.4. The minimum atomic E-state index is -4.57. The van der Waals surface area contributed by atoms with Gasteiger partial charge in [0.2, 0.25) is 10.0 Å². The highest BCUT2D eigenvalue weighted by Crippen LogP contribution is 2.31. The minimum absolute atomic E-state index is 0.115.